The van der Waals surface area contributed by atoms with E-state index in [0.29, 0.717) is 28.4 Å². The van der Waals surface area contributed by atoms with Crippen molar-refractivity contribution < 1.29 is 13.6 Å². The first-order valence-electron chi connectivity index (χ1n) is 8.98. The van der Waals surface area contributed by atoms with Gasteiger partial charge in [-0.1, -0.05) is 11.3 Å². The quantitative estimate of drug-likeness (QED) is 0.390. The fourth-order valence-electron chi connectivity index (χ4n) is 3.03. The van der Waals surface area contributed by atoms with Gasteiger partial charge >= 0.3 is 0 Å². The van der Waals surface area contributed by atoms with Gasteiger partial charge in [0.05, 0.1) is 20.4 Å². The molecule has 0 N–H and O–H groups in total. The summed E-state index contributed by atoms with van der Waals surface area (Å²) in [6.45, 7) is 1.20. The average Bonchev–Trinajstić information content (AvgIpc) is 3.30. The number of amides is 1. The van der Waals surface area contributed by atoms with Gasteiger partial charge in [-0.05, 0) is 51.3 Å². The van der Waals surface area contributed by atoms with Crippen LogP contribution in [0.2, 0.25) is 0 Å². The SMILES string of the molecule is CN(C)CCCN(C(=O)c1ccc2ncsc2c1)c1nc2c(F)cc(F)cc2s1.Cl. The first-order chi connectivity index (χ1) is 13.9. The highest BCUT2D eigenvalue weighted by Gasteiger charge is 2.23. The number of aromatic nitrogens is 2. The molecule has 4 rings (SSSR count). The minimum absolute atomic E-state index is 0. The molecule has 0 fully saturated rings. The maximum atomic E-state index is 14.1. The summed E-state index contributed by atoms with van der Waals surface area (Å²) in [5, 5.41) is 0.359. The van der Waals surface area contributed by atoms with Gasteiger partial charge in [0.15, 0.2) is 10.9 Å². The third-order valence-corrected chi connectivity index (χ3v) is 6.26. The molecule has 0 bridgehead atoms. The summed E-state index contributed by atoms with van der Waals surface area (Å²) in [5.74, 6) is -1.61. The van der Waals surface area contributed by atoms with Crippen molar-refractivity contribution in [3.63, 3.8) is 0 Å². The Balaban J connectivity index is 0.00000256. The lowest BCUT2D eigenvalue weighted by Crippen LogP contribution is -2.33. The van der Waals surface area contributed by atoms with Crippen molar-refractivity contribution in [2.45, 2.75) is 6.42 Å². The number of anilines is 1. The minimum Gasteiger partial charge on any atom is -0.309 e. The normalized spacial score (nSPS) is 11.2. The molecular weight excluding hydrogens is 450 g/mol. The monoisotopic (exact) mass is 468 g/mol. The molecule has 10 heteroatoms. The third kappa shape index (κ3) is 4.59. The number of fused-ring (bicyclic) bond motifs is 2. The smallest absolute Gasteiger partial charge is 0.260 e. The molecule has 4 aromatic rings. The van der Waals surface area contributed by atoms with E-state index in [1.807, 2.05) is 31.1 Å². The molecule has 0 spiro atoms. The summed E-state index contributed by atoms with van der Waals surface area (Å²) in [7, 11) is 3.92. The van der Waals surface area contributed by atoms with Crippen molar-refractivity contribution in [1.29, 1.82) is 0 Å². The summed E-state index contributed by atoms with van der Waals surface area (Å²) in [6.07, 6.45) is 0.717. The molecule has 0 saturated heterocycles. The number of rotatable bonds is 6. The van der Waals surface area contributed by atoms with Gasteiger partial charge in [-0.3, -0.25) is 9.69 Å². The van der Waals surface area contributed by atoms with Crippen LogP contribution in [0.25, 0.3) is 20.4 Å². The Hall–Kier alpha value is -2.20. The van der Waals surface area contributed by atoms with Gasteiger partial charge in [0.25, 0.3) is 5.91 Å². The number of halogens is 3. The molecule has 2 heterocycles. The van der Waals surface area contributed by atoms with Crippen LogP contribution in [0.3, 0.4) is 0 Å². The van der Waals surface area contributed by atoms with Crippen LogP contribution in [-0.2, 0) is 0 Å². The van der Waals surface area contributed by atoms with Crippen LogP contribution in [0, 0.1) is 11.6 Å². The first-order valence-corrected chi connectivity index (χ1v) is 10.7. The molecule has 5 nitrogen and oxygen atoms in total. The highest BCUT2D eigenvalue weighted by atomic mass is 35.5. The molecule has 158 valence electrons. The molecule has 2 aromatic carbocycles. The van der Waals surface area contributed by atoms with E-state index in [2.05, 4.69) is 9.97 Å². The van der Waals surface area contributed by atoms with Crippen molar-refractivity contribution in [3.8, 4) is 0 Å². The van der Waals surface area contributed by atoms with Crippen LogP contribution in [0.4, 0.5) is 13.9 Å². The second kappa shape index (κ2) is 9.30. The lowest BCUT2D eigenvalue weighted by atomic mass is 10.2. The Morgan fingerprint density at radius 3 is 2.67 bits per heavy atom. The molecule has 0 atom stereocenters. The number of hydrogen-bond acceptors (Lipinski definition) is 6. The Morgan fingerprint density at radius 1 is 1.10 bits per heavy atom. The molecule has 2 aromatic heterocycles. The predicted molar refractivity (Wildman–Crippen MR) is 121 cm³/mol. The predicted octanol–water partition coefficient (Wildman–Crippen LogP) is 5.20. The van der Waals surface area contributed by atoms with Gasteiger partial charge in [-0.2, -0.15) is 0 Å². The third-order valence-electron chi connectivity index (χ3n) is 4.44. The molecular formula is C20H19ClF2N4OS2. The maximum Gasteiger partial charge on any atom is 0.260 e. The largest absolute Gasteiger partial charge is 0.309 e. The van der Waals surface area contributed by atoms with E-state index in [1.165, 1.54) is 17.4 Å². The lowest BCUT2D eigenvalue weighted by Gasteiger charge is -2.21. The fourth-order valence-corrected chi connectivity index (χ4v) is 4.78. The van der Waals surface area contributed by atoms with E-state index in [1.54, 1.807) is 16.5 Å². The Bertz CT molecular complexity index is 1190. The van der Waals surface area contributed by atoms with Crippen LogP contribution < -0.4 is 4.90 Å². The zero-order chi connectivity index (χ0) is 20.5. The number of benzene rings is 2. The standard InChI is InChI=1S/C20H18F2N4OS2.ClH/c1-25(2)6-3-7-26(19(27)12-4-5-15-16(8-12)28-11-23-15)20-24-18-14(22)9-13(21)10-17(18)29-20;/h4-5,8-11H,3,6-7H2,1-2H3;1H. The molecule has 0 aliphatic heterocycles. The van der Waals surface area contributed by atoms with E-state index in [4.69, 9.17) is 0 Å². The molecule has 0 saturated carbocycles. The van der Waals surface area contributed by atoms with Gasteiger partial charge in [0, 0.05) is 18.2 Å². The highest BCUT2D eigenvalue weighted by Crippen LogP contribution is 2.32. The number of carbonyl (C=O) groups excluding carboxylic acids is 1. The van der Waals surface area contributed by atoms with Gasteiger partial charge < -0.3 is 4.90 Å². The molecule has 0 aliphatic carbocycles. The molecule has 0 aliphatic rings. The van der Waals surface area contributed by atoms with E-state index < -0.39 is 11.6 Å². The van der Waals surface area contributed by atoms with Crippen molar-refractivity contribution >= 4 is 66.6 Å². The average molecular weight is 469 g/mol. The van der Waals surface area contributed by atoms with Crippen molar-refractivity contribution in [2.75, 3.05) is 32.1 Å². The van der Waals surface area contributed by atoms with Crippen molar-refractivity contribution in [1.82, 2.24) is 14.9 Å². The van der Waals surface area contributed by atoms with Crippen LogP contribution in [-0.4, -0.2) is 48.0 Å². The van der Waals surface area contributed by atoms with E-state index in [-0.39, 0.29) is 23.8 Å². The van der Waals surface area contributed by atoms with Crippen LogP contribution >= 0.6 is 35.1 Å². The number of nitrogens with zero attached hydrogens (tertiary/aromatic N) is 4. The fraction of sp³-hybridized carbons (Fsp3) is 0.250. The topological polar surface area (TPSA) is 49.3 Å². The second-order valence-electron chi connectivity index (χ2n) is 6.88. The summed E-state index contributed by atoms with van der Waals surface area (Å²) in [6, 6.07) is 7.40. The maximum absolute atomic E-state index is 14.1. The van der Waals surface area contributed by atoms with Crippen LogP contribution in [0.5, 0.6) is 0 Å². The second-order valence-corrected chi connectivity index (χ2v) is 8.77. The highest BCUT2D eigenvalue weighted by molar-refractivity contribution is 7.22. The van der Waals surface area contributed by atoms with Crippen molar-refractivity contribution in [2.24, 2.45) is 0 Å². The van der Waals surface area contributed by atoms with Gasteiger partial charge in [-0.15, -0.1) is 23.7 Å². The van der Waals surface area contributed by atoms with Gasteiger partial charge in [0.1, 0.15) is 11.3 Å². The summed E-state index contributed by atoms with van der Waals surface area (Å²) >= 11 is 2.57. The van der Waals surface area contributed by atoms with E-state index >= 15 is 0 Å². The molecule has 0 radical (unpaired) electrons. The minimum atomic E-state index is -0.728. The van der Waals surface area contributed by atoms with Crippen molar-refractivity contribution in [3.05, 3.63) is 53.0 Å². The molecule has 1 amide bonds. The zero-order valence-electron chi connectivity index (χ0n) is 16.3. The zero-order valence-corrected chi connectivity index (χ0v) is 18.7. The number of thiazole rings is 2. The Labute approximate surface area is 186 Å². The van der Waals surface area contributed by atoms with Crippen LogP contribution in [0.15, 0.2) is 35.8 Å². The van der Waals surface area contributed by atoms with Crippen LogP contribution in [0.1, 0.15) is 16.8 Å². The number of carbonyl (C=O) groups is 1. The number of hydrogen-bond donors (Lipinski definition) is 0. The van der Waals surface area contributed by atoms with Gasteiger partial charge in [-0.25, -0.2) is 18.7 Å². The van der Waals surface area contributed by atoms with Gasteiger partial charge in [0.2, 0.25) is 0 Å². The molecule has 30 heavy (non-hydrogen) atoms. The summed E-state index contributed by atoms with van der Waals surface area (Å²) in [5.41, 5.74) is 3.16. The Morgan fingerprint density at radius 2 is 1.90 bits per heavy atom. The van der Waals surface area contributed by atoms with E-state index in [0.717, 1.165) is 34.2 Å². The Kier molecular flexibility index (Phi) is 6.97. The molecule has 0 unspecified atom stereocenters. The summed E-state index contributed by atoms with van der Waals surface area (Å²) in [4.78, 5) is 25.4. The lowest BCUT2D eigenvalue weighted by molar-refractivity contribution is 0.0986. The first kappa shape index (κ1) is 22.5. The van der Waals surface area contributed by atoms with E-state index in [9.17, 15) is 13.6 Å². The summed E-state index contributed by atoms with van der Waals surface area (Å²) < 4.78 is 29.0.